The molecule has 2 N–H and O–H groups in total. The first-order valence-electron chi connectivity index (χ1n) is 7.21. The first-order valence-corrected chi connectivity index (χ1v) is 7.21. The molecule has 0 saturated heterocycles. The van der Waals surface area contributed by atoms with Crippen LogP contribution >= 0.6 is 0 Å². The van der Waals surface area contributed by atoms with E-state index in [1.54, 1.807) is 0 Å². The highest BCUT2D eigenvalue weighted by molar-refractivity contribution is 5.76. The van der Waals surface area contributed by atoms with Gasteiger partial charge in [-0.1, -0.05) is 24.3 Å². The number of nitrogens with one attached hydrogen (secondary N) is 2. The summed E-state index contributed by atoms with van der Waals surface area (Å²) in [5, 5.41) is 3.45. The number of benzene rings is 2. The second kappa shape index (κ2) is 4.90. The molecular formula is C17H17N3O. The standard InChI is InChI=1S/C17H17N3O/c1-11-19-14-7-6-12(8-15(14)20-11)17-10-18-9-13-4-2-3-5-16(13)21-17/h2-8,17-18H,9-10H2,1H3,(H,19,20). The van der Waals surface area contributed by atoms with E-state index in [4.69, 9.17) is 4.74 Å². The fourth-order valence-corrected chi connectivity index (χ4v) is 2.84. The summed E-state index contributed by atoms with van der Waals surface area (Å²) in [7, 11) is 0. The van der Waals surface area contributed by atoms with Crippen molar-refractivity contribution in [3.8, 4) is 5.75 Å². The van der Waals surface area contributed by atoms with E-state index in [9.17, 15) is 0 Å². The van der Waals surface area contributed by atoms with Crippen LogP contribution in [0.25, 0.3) is 11.0 Å². The normalized spacial score (nSPS) is 18.0. The molecule has 2 heterocycles. The highest BCUT2D eigenvalue weighted by Gasteiger charge is 2.19. The van der Waals surface area contributed by atoms with Crippen molar-refractivity contribution < 1.29 is 4.74 Å². The van der Waals surface area contributed by atoms with Gasteiger partial charge in [0.1, 0.15) is 17.7 Å². The van der Waals surface area contributed by atoms with Gasteiger partial charge in [0.05, 0.1) is 11.0 Å². The van der Waals surface area contributed by atoms with E-state index < -0.39 is 0 Å². The summed E-state index contributed by atoms with van der Waals surface area (Å²) < 4.78 is 6.20. The summed E-state index contributed by atoms with van der Waals surface area (Å²) in [5.41, 5.74) is 4.43. The molecule has 0 amide bonds. The molecule has 0 radical (unpaired) electrons. The van der Waals surface area contributed by atoms with E-state index >= 15 is 0 Å². The Morgan fingerprint density at radius 1 is 1.19 bits per heavy atom. The molecule has 1 aliphatic heterocycles. The molecule has 21 heavy (non-hydrogen) atoms. The molecule has 1 atom stereocenters. The van der Waals surface area contributed by atoms with Gasteiger partial charge in [0, 0.05) is 18.7 Å². The van der Waals surface area contributed by atoms with Gasteiger partial charge in [0.2, 0.25) is 0 Å². The lowest BCUT2D eigenvalue weighted by molar-refractivity contribution is 0.211. The van der Waals surface area contributed by atoms with Crippen LogP contribution in [-0.2, 0) is 6.54 Å². The van der Waals surface area contributed by atoms with Crippen LogP contribution in [0.15, 0.2) is 42.5 Å². The summed E-state index contributed by atoms with van der Waals surface area (Å²) in [6.45, 7) is 3.62. The van der Waals surface area contributed by atoms with Crippen LogP contribution in [0, 0.1) is 6.92 Å². The molecule has 2 aromatic carbocycles. The van der Waals surface area contributed by atoms with E-state index in [0.717, 1.165) is 41.3 Å². The number of para-hydroxylation sites is 1. The summed E-state index contributed by atoms with van der Waals surface area (Å²) >= 11 is 0. The minimum absolute atomic E-state index is 0.0154. The fraction of sp³-hybridized carbons (Fsp3) is 0.235. The van der Waals surface area contributed by atoms with Crippen LogP contribution in [-0.4, -0.2) is 16.5 Å². The Bertz CT molecular complexity index is 794. The maximum absolute atomic E-state index is 6.20. The van der Waals surface area contributed by atoms with E-state index in [1.165, 1.54) is 5.56 Å². The zero-order chi connectivity index (χ0) is 14.2. The zero-order valence-corrected chi connectivity index (χ0v) is 11.9. The average Bonchev–Trinajstić information content (AvgIpc) is 2.73. The summed E-state index contributed by atoms with van der Waals surface area (Å²) in [6, 6.07) is 14.5. The second-order valence-electron chi connectivity index (χ2n) is 5.44. The van der Waals surface area contributed by atoms with Crippen LogP contribution in [0.4, 0.5) is 0 Å². The molecule has 0 saturated carbocycles. The van der Waals surface area contributed by atoms with E-state index in [-0.39, 0.29) is 6.10 Å². The number of nitrogens with zero attached hydrogens (tertiary/aromatic N) is 1. The van der Waals surface area contributed by atoms with Crippen molar-refractivity contribution in [1.29, 1.82) is 0 Å². The maximum Gasteiger partial charge on any atom is 0.136 e. The van der Waals surface area contributed by atoms with Crippen LogP contribution in [0.2, 0.25) is 0 Å². The van der Waals surface area contributed by atoms with Crippen molar-refractivity contribution >= 4 is 11.0 Å². The number of H-pyrrole nitrogens is 1. The third kappa shape index (κ3) is 2.28. The fourth-order valence-electron chi connectivity index (χ4n) is 2.84. The van der Waals surface area contributed by atoms with Crippen molar-refractivity contribution in [2.45, 2.75) is 19.6 Å². The topological polar surface area (TPSA) is 49.9 Å². The smallest absolute Gasteiger partial charge is 0.136 e. The molecule has 0 spiro atoms. The Labute approximate surface area is 123 Å². The molecule has 4 rings (SSSR count). The van der Waals surface area contributed by atoms with E-state index in [0.29, 0.717) is 0 Å². The van der Waals surface area contributed by atoms with Gasteiger partial charge < -0.3 is 15.0 Å². The van der Waals surface area contributed by atoms with Crippen molar-refractivity contribution in [2.75, 3.05) is 6.54 Å². The molecule has 1 aromatic heterocycles. The quantitative estimate of drug-likeness (QED) is 0.719. The lowest BCUT2D eigenvalue weighted by Gasteiger charge is -2.17. The van der Waals surface area contributed by atoms with Crippen molar-refractivity contribution in [2.24, 2.45) is 0 Å². The van der Waals surface area contributed by atoms with Crippen LogP contribution in [0.3, 0.4) is 0 Å². The molecule has 4 nitrogen and oxygen atoms in total. The predicted molar refractivity (Wildman–Crippen MR) is 82.3 cm³/mol. The SMILES string of the molecule is Cc1nc2ccc(C3CNCc4ccccc4O3)cc2[nH]1. The molecule has 0 fully saturated rings. The molecule has 1 aliphatic rings. The van der Waals surface area contributed by atoms with E-state index in [1.807, 2.05) is 31.2 Å². The van der Waals surface area contributed by atoms with Crippen molar-refractivity contribution in [3.63, 3.8) is 0 Å². The number of rotatable bonds is 1. The second-order valence-corrected chi connectivity index (χ2v) is 5.44. The van der Waals surface area contributed by atoms with Gasteiger partial charge in [-0.2, -0.15) is 0 Å². The Balaban J connectivity index is 1.71. The van der Waals surface area contributed by atoms with Crippen LogP contribution in [0.5, 0.6) is 5.75 Å². The van der Waals surface area contributed by atoms with Gasteiger partial charge in [-0.05, 0) is 30.7 Å². The number of hydrogen-bond acceptors (Lipinski definition) is 3. The minimum Gasteiger partial charge on any atom is -0.484 e. The number of hydrogen-bond donors (Lipinski definition) is 2. The van der Waals surface area contributed by atoms with Gasteiger partial charge in [-0.15, -0.1) is 0 Å². The zero-order valence-electron chi connectivity index (χ0n) is 11.9. The molecule has 106 valence electrons. The van der Waals surface area contributed by atoms with Crippen molar-refractivity contribution in [3.05, 3.63) is 59.4 Å². The minimum atomic E-state index is 0.0154. The first kappa shape index (κ1) is 12.4. The molecule has 4 heteroatoms. The van der Waals surface area contributed by atoms with Crippen LogP contribution in [0.1, 0.15) is 23.1 Å². The third-order valence-electron chi connectivity index (χ3n) is 3.88. The van der Waals surface area contributed by atoms with Crippen LogP contribution < -0.4 is 10.1 Å². The van der Waals surface area contributed by atoms with Gasteiger partial charge >= 0.3 is 0 Å². The lowest BCUT2D eigenvalue weighted by atomic mass is 10.1. The number of aromatic amines is 1. The van der Waals surface area contributed by atoms with Gasteiger partial charge in [-0.3, -0.25) is 0 Å². The molecule has 0 bridgehead atoms. The summed E-state index contributed by atoms with van der Waals surface area (Å²) in [5.74, 6) is 1.90. The largest absolute Gasteiger partial charge is 0.484 e. The monoisotopic (exact) mass is 279 g/mol. The third-order valence-corrected chi connectivity index (χ3v) is 3.88. The Morgan fingerprint density at radius 2 is 2.10 bits per heavy atom. The summed E-state index contributed by atoms with van der Waals surface area (Å²) in [4.78, 5) is 7.73. The Kier molecular flexibility index (Phi) is 2.89. The Hall–Kier alpha value is -2.33. The van der Waals surface area contributed by atoms with Gasteiger partial charge in [0.25, 0.3) is 0 Å². The maximum atomic E-state index is 6.20. The van der Waals surface area contributed by atoms with Gasteiger partial charge in [0.15, 0.2) is 0 Å². The molecular weight excluding hydrogens is 262 g/mol. The van der Waals surface area contributed by atoms with Crippen molar-refractivity contribution in [1.82, 2.24) is 15.3 Å². The highest BCUT2D eigenvalue weighted by atomic mass is 16.5. The van der Waals surface area contributed by atoms with Gasteiger partial charge in [-0.25, -0.2) is 4.98 Å². The molecule has 3 aromatic rings. The summed E-state index contributed by atoms with van der Waals surface area (Å²) in [6.07, 6.45) is 0.0154. The predicted octanol–water partition coefficient (Wildman–Crippen LogP) is 3.09. The highest BCUT2D eigenvalue weighted by Crippen LogP contribution is 2.28. The molecule has 1 unspecified atom stereocenters. The molecule has 0 aliphatic carbocycles. The lowest BCUT2D eigenvalue weighted by Crippen LogP contribution is -2.21. The first-order chi connectivity index (χ1) is 10.3. The number of ether oxygens (including phenoxy) is 1. The average molecular weight is 279 g/mol. The van der Waals surface area contributed by atoms with E-state index in [2.05, 4.69) is 33.5 Å². The Morgan fingerprint density at radius 3 is 3.05 bits per heavy atom. The number of aryl methyl sites for hydroxylation is 1. The number of aromatic nitrogens is 2. The number of imidazole rings is 1. The number of fused-ring (bicyclic) bond motifs is 2.